The van der Waals surface area contributed by atoms with Crippen molar-refractivity contribution in [3.05, 3.63) is 57.3 Å². The smallest absolute Gasteiger partial charge is 0.231 e. The van der Waals surface area contributed by atoms with E-state index in [1.165, 1.54) is 18.2 Å². The zero-order valence-electron chi connectivity index (χ0n) is 10.1. The highest BCUT2D eigenvalue weighted by molar-refractivity contribution is 6.32. The molecule has 1 aliphatic rings. The van der Waals surface area contributed by atoms with Crippen molar-refractivity contribution in [1.82, 2.24) is 0 Å². The van der Waals surface area contributed by atoms with Crippen LogP contribution in [0, 0.1) is 5.82 Å². The van der Waals surface area contributed by atoms with Crippen molar-refractivity contribution in [2.45, 2.75) is 6.10 Å². The second kappa shape index (κ2) is 5.13. The van der Waals surface area contributed by atoms with Gasteiger partial charge in [-0.3, -0.25) is 0 Å². The van der Waals surface area contributed by atoms with Gasteiger partial charge in [-0.25, -0.2) is 4.39 Å². The summed E-state index contributed by atoms with van der Waals surface area (Å²) in [5, 5.41) is 10.9. The summed E-state index contributed by atoms with van der Waals surface area (Å²) in [6.07, 6.45) is -1.17. The normalized spacial score (nSPS) is 14.4. The number of rotatable bonds is 2. The van der Waals surface area contributed by atoms with E-state index in [2.05, 4.69) is 0 Å². The predicted octanol–water partition coefficient (Wildman–Crippen LogP) is 3.94. The van der Waals surface area contributed by atoms with Gasteiger partial charge in [-0.15, -0.1) is 0 Å². The van der Waals surface area contributed by atoms with E-state index in [0.29, 0.717) is 22.1 Å². The van der Waals surface area contributed by atoms with E-state index in [-0.39, 0.29) is 17.4 Å². The van der Waals surface area contributed by atoms with E-state index in [0.717, 1.165) is 6.07 Å². The minimum atomic E-state index is -1.17. The number of aliphatic hydroxyl groups excluding tert-OH is 1. The van der Waals surface area contributed by atoms with Gasteiger partial charge >= 0.3 is 0 Å². The van der Waals surface area contributed by atoms with Gasteiger partial charge < -0.3 is 14.6 Å². The minimum Gasteiger partial charge on any atom is -0.454 e. The molecule has 0 fully saturated rings. The molecule has 1 atom stereocenters. The van der Waals surface area contributed by atoms with Crippen molar-refractivity contribution >= 4 is 23.2 Å². The fraction of sp³-hybridized carbons (Fsp3) is 0.143. The minimum absolute atomic E-state index is 0.0733. The molecule has 0 saturated heterocycles. The van der Waals surface area contributed by atoms with Crippen LogP contribution in [0.3, 0.4) is 0 Å². The van der Waals surface area contributed by atoms with Gasteiger partial charge in [-0.2, -0.15) is 0 Å². The number of fused-ring (bicyclic) bond motifs is 1. The van der Waals surface area contributed by atoms with Gasteiger partial charge in [0, 0.05) is 10.6 Å². The summed E-state index contributed by atoms with van der Waals surface area (Å²) < 4.78 is 24.2. The highest BCUT2D eigenvalue weighted by atomic mass is 35.5. The zero-order valence-corrected chi connectivity index (χ0v) is 11.6. The molecule has 104 valence electrons. The topological polar surface area (TPSA) is 38.7 Å². The Balaban J connectivity index is 2.02. The summed E-state index contributed by atoms with van der Waals surface area (Å²) in [7, 11) is 0. The summed E-state index contributed by atoms with van der Waals surface area (Å²) in [4.78, 5) is 0. The molecule has 1 unspecified atom stereocenters. The quantitative estimate of drug-likeness (QED) is 0.912. The fourth-order valence-electron chi connectivity index (χ4n) is 2.05. The molecular weight excluding hydrogens is 306 g/mol. The molecule has 0 spiro atoms. The van der Waals surface area contributed by atoms with Crippen LogP contribution in [0.5, 0.6) is 11.5 Å². The van der Waals surface area contributed by atoms with Crippen LogP contribution in [0.15, 0.2) is 30.3 Å². The zero-order chi connectivity index (χ0) is 14.3. The number of aliphatic hydroxyl groups is 1. The Bertz CT molecular complexity index is 676. The van der Waals surface area contributed by atoms with Crippen molar-refractivity contribution in [2.75, 3.05) is 6.79 Å². The Hall–Kier alpha value is -1.49. The van der Waals surface area contributed by atoms with E-state index in [1.54, 1.807) is 6.07 Å². The van der Waals surface area contributed by atoms with Gasteiger partial charge in [0.1, 0.15) is 11.9 Å². The van der Waals surface area contributed by atoms with E-state index in [9.17, 15) is 9.50 Å². The van der Waals surface area contributed by atoms with Gasteiger partial charge in [0.15, 0.2) is 11.5 Å². The molecule has 2 aromatic rings. The highest BCUT2D eigenvalue weighted by Gasteiger charge is 2.23. The molecule has 3 rings (SSSR count). The second-order valence-electron chi connectivity index (χ2n) is 4.30. The first-order valence-corrected chi connectivity index (χ1v) is 6.54. The van der Waals surface area contributed by atoms with Crippen molar-refractivity contribution in [2.24, 2.45) is 0 Å². The van der Waals surface area contributed by atoms with Crippen molar-refractivity contribution in [3.63, 3.8) is 0 Å². The molecule has 0 amide bonds. The van der Waals surface area contributed by atoms with Gasteiger partial charge in [0.2, 0.25) is 6.79 Å². The van der Waals surface area contributed by atoms with Gasteiger partial charge in [0.25, 0.3) is 0 Å². The SMILES string of the molecule is OC(c1cc(Cl)c2c(c1)OCO2)c1ccc(Cl)cc1F. The van der Waals surface area contributed by atoms with E-state index in [1.807, 2.05) is 0 Å². The monoisotopic (exact) mass is 314 g/mol. The number of hydrogen-bond acceptors (Lipinski definition) is 3. The van der Waals surface area contributed by atoms with Gasteiger partial charge in [0.05, 0.1) is 5.02 Å². The fourth-order valence-corrected chi connectivity index (χ4v) is 2.48. The van der Waals surface area contributed by atoms with Gasteiger partial charge in [-0.1, -0.05) is 29.3 Å². The third-order valence-electron chi connectivity index (χ3n) is 3.02. The van der Waals surface area contributed by atoms with Crippen molar-refractivity contribution in [1.29, 1.82) is 0 Å². The van der Waals surface area contributed by atoms with Crippen LogP contribution in [0.1, 0.15) is 17.2 Å². The third-order valence-corrected chi connectivity index (χ3v) is 3.54. The van der Waals surface area contributed by atoms with E-state index >= 15 is 0 Å². The maximum Gasteiger partial charge on any atom is 0.231 e. The first-order valence-electron chi connectivity index (χ1n) is 5.78. The average molecular weight is 315 g/mol. The van der Waals surface area contributed by atoms with Crippen LogP contribution in [-0.2, 0) is 0 Å². The molecule has 0 aromatic heterocycles. The number of hydrogen-bond donors (Lipinski definition) is 1. The Kier molecular flexibility index (Phi) is 3.46. The largest absolute Gasteiger partial charge is 0.454 e. The van der Waals surface area contributed by atoms with Crippen LogP contribution >= 0.6 is 23.2 Å². The summed E-state index contributed by atoms with van der Waals surface area (Å²) in [6.45, 7) is 0.0733. The van der Waals surface area contributed by atoms with E-state index in [4.69, 9.17) is 32.7 Å². The average Bonchev–Trinajstić information content (AvgIpc) is 2.87. The third kappa shape index (κ3) is 2.30. The molecule has 1 N–H and O–H groups in total. The molecule has 1 aliphatic heterocycles. The summed E-state index contributed by atoms with van der Waals surface area (Å²) in [5.74, 6) is 0.277. The molecular formula is C14H9Cl2FO3. The van der Waals surface area contributed by atoms with Crippen LogP contribution in [0.25, 0.3) is 0 Å². The molecule has 0 aliphatic carbocycles. The lowest BCUT2D eigenvalue weighted by Gasteiger charge is -2.14. The summed E-state index contributed by atoms with van der Waals surface area (Å²) in [5.41, 5.74) is 0.532. The predicted molar refractivity (Wildman–Crippen MR) is 73.0 cm³/mol. The number of ether oxygens (including phenoxy) is 2. The van der Waals surface area contributed by atoms with Gasteiger partial charge in [-0.05, 0) is 29.8 Å². The standard InChI is InChI=1S/C14H9Cl2FO3/c15-8-1-2-9(11(17)5-8)13(18)7-3-10(16)14-12(4-7)19-6-20-14/h1-5,13,18H,6H2. The van der Waals surface area contributed by atoms with Crippen molar-refractivity contribution < 1.29 is 19.0 Å². The molecule has 3 nitrogen and oxygen atoms in total. The van der Waals surface area contributed by atoms with Crippen LogP contribution in [-0.4, -0.2) is 11.9 Å². The summed E-state index contributed by atoms with van der Waals surface area (Å²) in [6, 6.07) is 7.19. The maximum atomic E-state index is 13.8. The maximum absolute atomic E-state index is 13.8. The lowest BCUT2D eigenvalue weighted by atomic mass is 10.0. The molecule has 1 heterocycles. The van der Waals surface area contributed by atoms with E-state index < -0.39 is 11.9 Å². The van der Waals surface area contributed by atoms with Crippen LogP contribution < -0.4 is 9.47 Å². The highest BCUT2D eigenvalue weighted by Crippen LogP contribution is 2.42. The molecule has 2 aromatic carbocycles. The van der Waals surface area contributed by atoms with Crippen LogP contribution in [0.4, 0.5) is 4.39 Å². The molecule has 0 bridgehead atoms. The first kappa shape index (κ1) is 13.5. The molecule has 0 saturated carbocycles. The Morgan fingerprint density at radius 2 is 1.95 bits per heavy atom. The molecule has 6 heteroatoms. The Labute approximate surface area is 124 Å². The van der Waals surface area contributed by atoms with Crippen LogP contribution in [0.2, 0.25) is 10.0 Å². The number of benzene rings is 2. The summed E-state index contributed by atoms with van der Waals surface area (Å²) >= 11 is 11.7. The second-order valence-corrected chi connectivity index (χ2v) is 5.15. The first-order chi connectivity index (χ1) is 9.56. The Morgan fingerprint density at radius 1 is 1.15 bits per heavy atom. The number of halogens is 3. The lowest BCUT2D eigenvalue weighted by molar-refractivity contribution is 0.173. The lowest BCUT2D eigenvalue weighted by Crippen LogP contribution is -2.02. The molecule has 0 radical (unpaired) electrons. The molecule has 20 heavy (non-hydrogen) atoms. The Morgan fingerprint density at radius 3 is 2.70 bits per heavy atom. The van der Waals surface area contributed by atoms with Crippen molar-refractivity contribution in [3.8, 4) is 11.5 Å².